The summed E-state index contributed by atoms with van der Waals surface area (Å²) in [6.07, 6.45) is 3.04. The highest BCUT2D eigenvalue weighted by Crippen LogP contribution is 2.43. The number of thiophene rings is 1. The summed E-state index contributed by atoms with van der Waals surface area (Å²) in [5.41, 5.74) is 4.17. The van der Waals surface area contributed by atoms with Crippen molar-refractivity contribution in [1.82, 2.24) is 9.88 Å². The molecule has 0 fully saturated rings. The van der Waals surface area contributed by atoms with Crippen molar-refractivity contribution in [3.8, 4) is 11.1 Å². The number of hydrogen-bond donors (Lipinski definition) is 0. The van der Waals surface area contributed by atoms with E-state index in [0.29, 0.717) is 18.2 Å². The van der Waals surface area contributed by atoms with Gasteiger partial charge >= 0.3 is 0 Å². The lowest BCUT2D eigenvalue weighted by Crippen LogP contribution is -2.37. The number of halogens is 2. The van der Waals surface area contributed by atoms with Crippen molar-refractivity contribution in [2.45, 2.75) is 12.5 Å². The Morgan fingerprint density at radius 3 is 2.74 bits per heavy atom. The molecular weight excluding hydrogens is 399 g/mol. The summed E-state index contributed by atoms with van der Waals surface area (Å²) in [5, 5.41) is 0.461. The maximum atomic E-state index is 12.3. The van der Waals surface area contributed by atoms with Gasteiger partial charge in [0.05, 0.1) is 10.9 Å². The Morgan fingerprint density at radius 2 is 1.96 bits per heavy atom. The number of hydrogen-bond acceptors (Lipinski definition) is 3. The van der Waals surface area contributed by atoms with Crippen LogP contribution >= 0.6 is 34.5 Å². The Balaban J connectivity index is 1.87. The van der Waals surface area contributed by atoms with Crippen LogP contribution < -0.4 is 0 Å². The molecule has 27 heavy (non-hydrogen) atoms. The Bertz CT molecular complexity index is 1030. The predicted molar refractivity (Wildman–Crippen MR) is 111 cm³/mol. The van der Waals surface area contributed by atoms with Gasteiger partial charge in [-0.15, -0.1) is 11.3 Å². The highest BCUT2D eigenvalue weighted by Gasteiger charge is 2.31. The van der Waals surface area contributed by atoms with Crippen LogP contribution in [0.1, 0.15) is 21.9 Å². The van der Waals surface area contributed by atoms with Gasteiger partial charge in [0.1, 0.15) is 5.15 Å². The lowest BCUT2D eigenvalue weighted by molar-refractivity contribution is -0.127. The number of carbonyl (C=O) groups is 1. The zero-order valence-corrected chi connectivity index (χ0v) is 16.7. The quantitative estimate of drug-likeness (QED) is 0.402. The SMILES string of the molecule is C=CC(=O)N1Cc2sc(Cl)cc2[C@@H](c2ccccc2-c2cccnc2Cl)C1. The third-order valence-corrected chi connectivity index (χ3v) is 6.36. The molecule has 1 aromatic carbocycles. The molecule has 3 aromatic rings. The molecule has 0 bridgehead atoms. The molecule has 0 saturated carbocycles. The van der Waals surface area contributed by atoms with Crippen molar-refractivity contribution in [1.29, 1.82) is 0 Å². The number of amides is 1. The maximum Gasteiger partial charge on any atom is 0.246 e. The van der Waals surface area contributed by atoms with Gasteiger partial charge in [0.25, 0.3) is 0 Å². The van der Waals surface area contributed by atoms with E-state index in [1.54, 1.807) is 6.20 Å². The van der Waals surface area contributed by atoms with Crippen LogP contribution in [-0.2, 0) is 11.3 Å². The third-order valence-electron chi connectivity index (χ3n) is 4.80. The standard InChI is InChI=1S/C21H16Cl2N2OS/c1-2-20(26)25-11-17(16-10-19(22)27-18(16)12-25)14-7-4-3-6-13(14)15-8-5-9-24-21(15)23/h2-10,17H,1,11-12H2/t17-/m1/s1. The molecular formula is C21H16Cl2N2OS. The monoisotopic (exact) mass is 414 g/mol. The Labute approximate surface area is 171 Å². The number of rotatable bonds is 3. The molecule has 1 aliphatic heterocycles. The van der Waals surface area contributed by atoms with Gasteiger partial charge in [0.15, 0.2) is 0 Å². The number of nitrogens with zero attached hydrogens (tertiary/aromatic N) is 2. The zero-order chi connectivity index (χ0) is 19.0. The van der Waals surface area contributed by atoms with Crippen LogP contribution in [0.4, 0.5) is 0 Å². The van der Waals surface area contributed by atoms with E-state index < -0.39 is 0 Å². The van der Waals surface area contributed by atoms with E-state index in [0.717, 1.165) is 25.9 Å². The van der Waals surface area contributed by atoms with Crippen molar-refractivity contribution >= 4 is 40.4 Å². The van der Waals surface area contributed by atoms with E-state index >= 15 is 0 Å². The van der Waals surface area contributed by atoms with Gasteiger partial charge in [0, 0.05) is 29.1 Å². The third kappa shape index (κ3) is 3.41. The molecule has 1 amide bonds. The topological polar surface area (TPSA) is 33.2 Å². The fourth-order valence-corrected chi connectivity index (χ4v) is 5.16. The number of benzene rings is 1. The minimum atomic E-state index is -0.0768. The van der Waals surface area contributed by atoms with Crippen LogP contribution in [0.2, 0.25) is 9.49 Å². The molecule has 0 radical (unpaired) electrons. The van der Waals surface area contributed by atoms with Crippen LogP contribution in [0, 0.1) is 0 Å². The number of pyridine rings is 1. The second-order valence-electron chi connectivity index (χ2n) is 6.33. The van der Waals surface area contributed by atoms with Crippen LogP contribution in [0.25, 0.3) is 11.1 Å². The average Bonchev–Trinajstić information content (AvgIpc) is 3.07. The summed E-state index contributed by atoms with van der Waals surface area (Å²) in [4.78, 5) is 19.5. The van der Waals surface area contributed by atoms with E-state index in [1.807, 2.05) is 41.3 Å². The first-order valence-electron chi connectivity index (χ1n) is 8.47. The van der Waals surface area contributed by atoms with Gasteiger partial charge in [-0.25, -0.2) is 4.98 Å². The summed E-state index contributed by atoms with van der Waals surface area (Å²) in [6.45, 7) is 4.76. The molecule has 3 nitrogen and oxygen atoms in total. The van der Waals surface area contributed by atoms with Crippen LogP contribution in [0.3, 0.4) is 0 Å². The summed E-state index contributed by atoms with van der Waals surface area (Å²) in [6, 6.07) is 14.0. The predicted octanol–water partition coefficient (Wildman–Crippen LogP) is 5.78. The first kappa shape index (κ1) is 18.2. The van der Waals surface area contributed by atoms with Crippen LogP contribution in [0.15, 0.2) is 61.3 Å². The van der Waals surface area contributed by atoms with Crippen molar-refractivity contribution < 1.29 is 4.79 Å². The van der Waals surface area contributed by atoms with Crippen molar-refractivity contribution in [2.75, 3.05) is 6.54 Å². The fourth-order valence-electron chi connectivity index (χ4n) is 3.58. The minimum absolute atomic E-state index is 0.00822. The summed E-state index contributed by atoms with van der Waals surface area (Å²) in [5.74, 6) is -0.0686. The zero-order valence-electron chi connectivity index (χ0n) is 14.4. The second-order valence-corrected chi connectivity index (χ2v) is 8.46. The van der Waals surface area contributed by atoms with Gasteiger partial charge in [-0.2, -0.15) is 0 Å². The number of aromatic nitrogens is 1. The number of fused-ring (bicyclic) bond motifs is 1. The lowest BCUT2D eigenvalue weighted by atomic mass is 9.84. The molecule has 3 heterocycles. The largest absolute Gasteiger partial charge is 0.333 e. The van der Waals surface area contributed by atoms with Crippen molar-refractivity contribution in [2.24, 2.45) is 0 Å². The van der Waals surface area contributed by atoms with Gasteiger partial charge in [-0.3, -0.25) is 4.79 Å². The first-order chi connectivity index (χ1) is 13.1. The molecule has 0 spiro atoms. The van der Waals surface area contributed by atoms with E-state index in [1.165, 1.54) is 23.0 Å². The maximum absolute atomic E-state index is 12.3. The molecule has 1 atom stereocenters. The normalized spacial score (nSPS) is 16.1. The van der Waals surface area contributed by atoms with Gasteiger partial charge in [0.2, 0.25) is 5.91 Å². The summed E-state index contributed by atoms with van der Waals surface area (Å²) in [7, 11) is 0. The molecule has 0 aliphatic carbocycles. The summed E-state index contributed by atoms with van der Waals surface area (Å²) >= 11 is 14.2. The summed E-state index contributed by atoms with van der Waals surface area (Å²) < 4.78 is 0.731. The molecule has 1 aliphatic rings. The van der Waals surface area contributed by atoms with Gasteiger partial charge in [-0.05, 0) is 41.0 Å². The minimum Gasteiger partial charge on any atom is -0.333 e. The van der Waals surface area contributed by atoms with Crippen LogP contribution in [0.5, 0.6) is 0 Å². The smallest absolute Gasteiger partial charge is 0.246 e. The molecule has 0 N–H and O–H groups in total. The lowest BCUT2D eigenvalue weighted by Gasteiger charge is -2.33. The second kappa shape index (κ2) is 7.47. The highest BCUT2D eigenvalue weighted by molar-refractivity contribution is 7.16. The molecule has 136 valence electrons. The fraction of sp³-hybridized carbons (Fsp3) is 0.143. The molecule has 6 heteroatoms. The Kier molecular flexibility index (Phi) is 5.04. The molecule has 0 saturated heterocycles. The van der Waals surface area contributed by atoms with Crippen molar-refractivity contribution in [3.05, 3.63) is 86.8 Å². The van der Waals surface area contributed by atoms with E-state index in [4.69, 9.17) is 23.2 Å². The number of carbonyl (C=O) groups excluding carboxylic acids is 1. The highest BCUT2D eigenvalue weighted by atomic mass is 35.5. The van der Waals surface area contributed by atoms with Crippen molar-refractivity contribution in [3.63, 3.8) is 0 Å². The van der Waals surface area contributed by atoms with Gasteiger partial charge in [-0.1, -0.05) is 54.0 Å². The Morgan fingerprint density at radius 1 is 1.19 bits per heavy atom. The molecule has 4 rings (SSSR count). The van der Waals surface area contributed by atoms with E-state index in [-0.39, 0.29) is 11.8 Å². The van der Waals surface area contributed by atoms with E-state index in [2.05, 4.69) is 17.6 Å². The van der Waals surface area contributed by atoms with E-state index in [9.17, 15) is 4.79 Å². The van der Waals surface area contributed by atoms with Gasteiger partial charge < -0.3 is 4.90 Å². The van der Waals surface area contributed by atoms with Crippen LogP contribution in [-0.4, -0.2) is 22.3 Å². The Hall–Kier alpha value is -2.14. The first-order valence-corrected chi connectivity index (χ1v) is 10.0. The molecule has 2 aromatic heterocycles. The average molecular weight is 415 g/mol. The molecule has 0 unspecified atom stereocenters.